The normalized spacial score (nSPS) is 12.6. The average Bonchev–Trinajstić information content (AvgIpc) is 2.21. The predicted molar refractivity (Wildman–Crippen MR) is 60.8 cm³/mol. The fraction of sp³-hybridized carbons (Fsp3) is 0.400. The lowest BCUT2D eigenvalue weighted by molar-refractivity contribution is 0.270. The lowest BCUT2D eigenvalue weighted by Gasteiger charge is -2.26. The first kappa shape index (κ1) is 12.1. The molecule has 1 aromatic carbocycles. The van der Waals surface area contributed by atoms with Crippen LogP contribution in [0.15, 0.2) is 12.1 Å². The molecular weight excluding hydrogens is 219 g/mol. The first-order chi connectivity index (χ1) is 6.97. The van der Waals surface area contributed by atoms with Gasteiger partial charge in [0.05, 0.1) is 23.0 Å². The standard InChI is InChI=1S/C10H14ClFN2O/c1-6(5-15)14(2)10-3-7(11)8(12)4-9(10)13/h3-4,6,15H,5,13H2,1-2H3. The maximum atomic E-state index is 13.0. The van der Waals surface area contributed by atoms with Crippen molar-refractivity contribution in [3.05, 3.63) is 23.0 Å². The molecule has 0 aliphatic heterocycles. The van der Waals surface area contributed by atoms with E-state index >= 15 is 0 Å². The molecule has 1 unspecified atom stereocenters. The number of anilines is 2. The van der Waals surface area contributed by atoms with Crippen molar-refractivity contribution in [2.75, 3.05) is 24.3 Å². The van der Waals surface area contributed by atoms with E-state index in [0.717, 1.165) is 0 Å². The molecular formula is C10H14ClFN2O. The Bertz CT molecular complexity index is 360. The smallest absolute Gasteiger partial charge is 0.143 e. The molecule has 0 heterocycles. The van der Waals surface area contributed by atoms with Gasteiger partial charge in [0.25, 0.3) is 0 Å². The molecule has 3 N–H and O–H groups in total. The van der Waals surface area contributed by atoms with Crippen molar-refractivity contribution in [1.29, 1.82) is 0 Å². The lowest BCUT2D eigenvalue weighted by atomic mass is 10.2. The van der Waals surface area contributed by atoms with Gasteiger partial charge < -0.3 is 15.7 Å². The predicted octanol–water partition coefficient (Wildman–Crippen LogP) is 1.88. The Labute approximate surface area is 93.3 Å². The van der Waals surface area contributed by atoms with Crippen molar-refractivity contribution >= 4 is 23.0 Å². The summed E-state index contributed by atoms with van der Waals surface area (Å²) < 4.78 is 13.0. The Morgan fingerprint density at radius 1 is 1.60 bits per heavy atom. The molecule has 84 valence electrons. The van der Waals surface area contributed by atoms with Crippen molar-refractivity contribution in [2.45, 2.75) is 13.0 Å². The number of nitrogens with two attached hydrogens (primary N) is 1. The van der Waals surface area contributed by atoms with Gasteiger partial charge in [-0.1, -0.05) is 11.6 Å². The van der Waals surface area contributed by atoms with Crippen molar-refractivity contribution in [3.63, 3.8) is 0 Å². The Kier molecular flexibility index (Phi) is 3.77. The third kappa shape index (κ3) is 2.52. The number of aliphatic hydroxyl groups excluding tert-OH is 1. The van der Waals surface area contributed by atoms with E-state index in [1.54, 1.807) is 11.9 Å². The monoisotopic (exact) mass is 232 g/mol. The minimum Gasteiger partial charge on any atom is -0.397 e. The first-order valence-electron chi connectivity index (χ1n) is 4.55. The van der Waals surface area contributed by atoms with Crippen LogP contribution in [0, 0.1) is 5.82 Å². The summed E-state index contributed by atoms with van der Waals surface area (Å²) in [5.41, 5.74) is 6.58. The van der Waals surface area contributed by atoms with Gasteiger partial charge in [0.2, 0.25) is 0 Å². The number of rotatable bonds is 3. The molecule has 0 fully saturated rings. The molecule has 0 bridgehead atoms. The second-order valence-corrected chi connectivity index (χ2v) is 3.87. The van der Waals surface area contributed by atoms with Gasteiger partial charge in [0.1, 0.15) is 5.82 Å². The minimum atomic E-state index is -0.539. The van der Waals surface area contributed by atoms with Crippen molar-refractivity contribution < 1.29 is 9.50 Å². The molecule has 0 spiro atoms. The van der Waals surface area contributed by atoms with E-state index in [-0.39, 0.29) is 17.7 Å². The number of likely N-dealkylation sites (N-methyl/N-ethyl adjacent to an activating group) is 1. The maximum Gasteiger partial charge on any atom is 0.143 e. The van der Waals surface area contributed by atoms with Gasteiger partial charge in [-0.3, -0.25) is 0 Å². The molecule has 1 atom stereocenters. The van der Waals surface area contributed by atoms with Gasteiger partial charge >= 0.3 is 0 Å². The number of aliphatic hydroxyl groups is 1. The highest BCUT2D eigenvalue weighted by atomic mass is 35.5. The van der Waals surface area contributed by atoms with Gasteiger partial charge in [-0.15, -0.1) is 0 Å². The molecule has 15 heavy (non-hydrogen) atoms. The van der Waals surface area contributed by atoms with Crippen LogP contribution in [0.1, 0.15) is 6.92 Å². The van der Waals surface area contributed by atoms with Gasteiger partial charge in [0.15, 0.2) is 0 Å². The summed E-state index contributed by atoms with van der Waals surface area (Å²) in [6.45, 7) is 1.82. The molecule has 0 aromatic heterocycles. The number of benzene rings is 1. The maximum absolute atomic E-state index is 13.0. The van der Waals surface area contributed by atoms with E-state index in [9.17, 15) is 4.39 Å². The van der Waals surface area contributed by atoms with E-state index in [1.807, 2.05) is 6.92 Å². The van der Waals surface area contributed by atoms with Crippen LogP contribution in [0.3, 0.4) is 0 Å². The second kappa shape index (κ2) is 4.68. The third-order valence-electron chi connectivity index (χ3n) is 2.37. The van der Waals surface area contributed by atoms with Crippen LogP contribution in [0.4, 0.5) is 15.8 Å². The molecule has 0 saturated carbocycles. The van der Waals surface area contributed by atoms with Crippen LogP contribution in [0.5, 0.6) is 0 Å². The third-order valence-corrected chi connectivity index (χ3v) is 2.66. The van der Waals surface area contributed by atoms with Crippen LogP contribution < -0.4 is 10.6 Å². The molecule has 5 heteroatoms. The zero-order chi connectivity index (χ0) is 11.6. The van der Waals surface area contributed by atoms with Gasteiger partial charge in [0, 0.05) is 19.2 Å². The van der Waals surface area contributed by atoms with E-state index in [1.165, 1.54) is 12.1 Å². The van der Waals surface area contributed by atoms with Crippen molar-refractivity contribution in [3.8, 4) is 0 Å². The van der Waals surface area contributed by atoms with E-state index in [4.69, 9.17) is 22.4 Å². The molecule has 1 rings (SSSR count). The highest BCUT2D eigenvalue weighted by molar-refractivity contribution is 6.31. The van der Waals surface area contributed by atoms with Gasteiger partial charge in [-0.2, -0.15) is 0 Å². The van der Waals surface area contributed by atoms with Crippen LogP contribution in [-0.2, 0) is 0 Å². The summed E-state index contributed by atoms with van der Waals surface area (Å²) in [5.74, 6) is -0.539. The Balaban J connectivity index is 3.09. The fourth-order valence-electron chi connectivity index (χ4n) is 1.22. The Morgan fingerprint density at radius 2 is 2.20 bits per heavy atom. The van der Waals surface area contributed by atoms with Crippen molar-refractivity contribution in [2.24, 2.45) is 0 Å². The van der Waals surface area contributed by atoms with Crippen molar-refractivity contribution in [1.82, 2.24) is 0 Å². The summed E-state index contributed by atoms with van der Waals surface area (Å²) in [6.07, 6.45) is 0. The molecule has 0 saturated heterocycles. The quantitative estimate of drug-likeness (QED) is 0.783. The summed E-state index contributed by atoms with van der Waals surface area (Å²) >= 11 is 5.66. The molecule has 1 aromatic rings. The average molecular weight is 233 g/mol. The Morgan fingerprint density at radius 3 is 2.73 bits per heavy atom. The summed E-state index contributed by atoms with van der Waals surface area (Å²) in [4.78, 5) is 1.75. The summed E-state index contributed by atoms with van der Waals surface area (Å²) in [7, 11) is 1.76. The number of nitrogen functional groups attached to an aromatic ring is 1. The van der Waals surface area contributed by atoms with E-state index in [2.05, 4.69) is 0 Å². The van der Waals surface area contributed by atoms with Crippen LogP contribution in [0.2, 0.25) is 5.02 Å². The fourth-order valence-corrected chi connectivity index (χ4v) is 1.37. The summed E-state index contributed by atoms with van der Waals surface area (Å²) in [5, 5.41) is 9.02. The zero-order valence-corrected chi connectivity index (χ0v) is 9.42. The van der Waals surface area contributed by atoms with Crippen LogP contribution in [0.25, 0.3) is 0 Å². The number of halogens is 2. The lowest BCUT2D eigenvalue weighted by Crippen LogP contribution is -2.32. The van der Waals surface area contributed by atoms with Crippen LogP contribution >= 0.6 is 11.6 Å². The van der Waals surface area contributed by atoms with E-state index < -0.39 is 5.82 Å². The SMILES string of the molecule is CC(CO)N(C)c1cc(Cl)c(F)cc1N. The van der Waals surface area contributed by atoms with E-state index in [0.29, 0.717) is 11.4 Å². The van der Waals surface area contributed by atoms with Gasteiger partial charge in [-0.05, 0) is 13.0 Å². The highest BCUT2D eigenvalue weighted by Crippen LogP contribution is 2.29. The second-order valence-electron chi connectivity index (χ2n) is 3.47. The highest BCUT2D eigenvalue weighted by Gasteiger charge is 2.14. The molecule has 0 radical (unpaired) electrons. The minimum absolute atomic E-state index is 0.00899. The zero-order valence-electron chi connectivity index (χ0n) is 8.67. The number of hydrogen-bond donors (Lipinski definition) is 2. The van der Waals surface area contributed by atoms with Crippen LogP contribution in [-0.4, -0.2) is 24.8 Å². The Hall–Kier alpha value is -1.00. The molecule has 0 amide bonds. The number of nitrogens with zero attached hydrogens (tertiary/aromatic N) is 1. The molecule has 3 nitrogen and oxygen atoms in total. The summed E-state index contributed by atoms with van der Waals surface area (Å²) in [6, 6.07) is 2.53. The number of hydrogen-bond acceptors (Lipinski definition) is 3. The van der Waals surface area contributed by atoms with Gasteiger partial charge in [-0.25, -0.2) is 4.39 Å². The largest absolute Gasteiger partial charge is 0.397 e. The first-order valence-corrected chi connectivity index (χ1v) is 4.93. The molecule has 0 aliphatic rings. The molecule has 0 aliphatic carbocycles. The topological polar surface area (TPSA) is 49.5 Å².